The topological polar surface area (TPSA) is 33.5 Å². The van der Waals surface area contributed by atoms with Gasteiger partial charge >= 0.3 is 0 Å². The molecule has 1 aliphatic rings. The lowest BCUT2D eigenvalue weighted by Gasteiger charge is -2.21. The van der Waals surface area contributed by atoms with Crippen molar-refractivity contribution in [2.45, 2.75) is 11.8 Å². The Labute approximate surface area is 127 Å². The number of rotatable bonds is 5. The predicted octanol–water partition coefficient (Wildman–Crippen LogP) is 3.76. The standard InChI is InChI=1S/C15H17NO2S2/c1-19-8-4-7-16-14(17)10-20-15(16)13-9-11-5-2-3-6-12(11)18-13/h2-3,5-6,9,15H,4,7-8,10H2,1H3. The molecular formula is C15H17NO2S2. The van der Waals surface area contributed by atoms with E-state index in [1.807, 2.05) is 40.9 Å². The first-order chi connectivity index (χ1) is 9.79. The van der Waals surface area contributed by atoms with Gasteiger partial charge in [0.15, 0.2) is 0 Å². The normalized spacial score (nSPS) is 19.1. The molecule has 0 radical (unpaired) electrons. The number of thioether (sulfide) groups is 2. The van der Waals surface area contributed by atoms with Gasteiger partial charge in [0.05, 0.1) is 5.75 Å². The summed E-state index contributed by atoms with van der Waals surface area (Å²) in [5, 5.41) is 1.14. The lowest BCUT2D eigenvalue weighted by Crippen LogP contribution is -2.29. The zero-order chi connectivity index (χ0) is 13.9. The van der Waals surface area contributed by atoms with E-state index in [0.29, 0.717) is 5.75 Å². The third-order valence-electron chi connectivity index (χ3n) is 3.40. The van der Waals surface area contributed by atoms with E-state index in [0.717, 1.165) is 35.4 Å². The summed E-state index contributed by atoms with van der Waals surface area (Å²) >= 11 is 3.48. The molecule has 0 N–H and O–H groups in total. The Morgan fingerprint density at radius 1 is 1.45 bits per heavy atom. The minimum absolute atomic E-state index is 0.0387. The molecule has 3 rings (SSSR count). The van der Waals surface area contributed by atoms with Crippen molar-refractivity contribution < 1.29 is 9.21 Å². The highest BCUT2D eigenvalue weighted by molar-refractivity contribution is 8.00. The summed E-state index contributed by atoms with van der Waals surface area (Å²) < 4.78 is 5.92. The molecule has 2 heterocycles. The van der Waals surface area contributed by atoms with Crippen LogP contribution in [0.2, 0.25) is 0 Å². The first-order valence-corrected chi connectivity index (χ1v) is 9.12. The largest absolute Gasteiger partial charge is 0.458 e. The quantitative estimate of drug-likeness (QED) is 0.788. The van der Waals surface area contributed by atoms with Crippen molar-refractivity contribution in [3.63, 3.8) is 0 Å². The van der Waals surface area contributed by atoms with E-state index in [4.69, 9.17) is 4.42 Å². The number of nitrogens with zero attached hydrogens (tertiary/aromatic N) is 1. The lowest BCUT2D eigenvalue weighted by molar-refractivity contribution is -0.128. The molecule has 1 atom stereocenters. The van der Waals surface area contributed by atoms with Gasteiger partial charge in [0, 0.05) is 11.9 Å². The molecule has 0 spiro atoms. The second-order valence-corrected chi connectivity index (χ2v) is 6.84. The Hall–Kier alpha value is -1.07. The van der Waals surface area contributed by atoms with Crippen molar-refractivity contribution in [1.29, 1.82) is 0 Å². The Morgan fingerprint density at radius 3 is 3.10 bits per heavy atom. The van der Waals surface area contributed by atoms with E-state index in [-0.39, 0.29) is 11.3 Å². The number of amides is 1. The second-order valence-electron chi connectivity index (χ2n) is 4.78. The lowest BCUT2D eigenvalue weighted by atomic mass is 10.2. The van der Waals surface area contributed by atoms with Crippen LogP contribution in [0.3, 0.4) is 0 Å². The molecule has 1 aromatic carbocycles. The summed E-state index contributed by atoms with van der Waals surface area (Å²) in [7, 11) is 0. The van der Waals surface area contributed by atoms with Crippen molar-refractivity contribution >= 4 is 40.4 Å². The molecule has 20 heavy (non-hydrogen) atoms. The number of furan rings is 1. The zero-order valence-corrected chi connectivity index (χ0v) is 13.0. The van der Waals surface area contributed by atoms with Gasteiger partial charge < -0.3 is 9.32 Å². The molecule has 106 valence electrons. The van der Waals surface area contributed by atoms with Gasteiger partial charge in [-0.3, -0.25) is 4.79 Å². The van der Waals surface area contributed by atoms with Crippen molar-refractivity contribution in [3.8, 4) is 0 Å². The highest BCUT2D eigenvalue weighted by Crippen LogP contribution is 2.40. The molecule has 0 saturated carbocycles. The fourth-order valence-corrected chi connectivity index (χ4v) is 4.00. The molecule has 1 amide bonds. The van der Waals surface area contributed by atoms with E-state index in [9.17, 15) is 4.79 Å². The molecular weight excluding hydrogens is 290 g/mol. The highest BCUT2D eigenvalue weighted by Gasteiger charge is 2.34. The summed E-state index contributed by atoms with van der Waals surface area (Å²) in [6, 6.07) is 10.1. The summed E-state index contributed by atoms with van der Waals surface area (Å²) in [5.74, 6) is 2.76. The molecule has 1 unspecified atom stereocenters. The van der Waals surface area contributed by atoms with Crippen LogP contribution >= 0.6 is 23.5 Å². The van der Waals surface area contributed by atoms with E-state index >= 15 is 0 Å². The van der Waals surface area contributed by atoms with Crippen molar-refractivity contribution in [1.82, 2.24) is 4.90 Å². The first kappa shape index (κ1) is 13.9. The van der Waals surface area contributed by atoms with Gasteiger partial charge in [0.2, 0.25) is 5.91 Å². The Bertz CT molecular complexity index is 578. The molecule has 1 fully saturated rings. The van der Waals surface area contributed by atoms with Crippen LogP contribution in [0.25, 0.3) is 11.0 Å². The smallest absolute Gasteiger partial charge is 0.233 e. The number of fused-ring (bicyclic) bond motifs is 1. The van der Waals surface area contributed by atoms with Crippen LogP contribution in [-0.4, -0.2) is 35.1 Å². The van der Waals surface area contributed by atoms with Gasteiger partial charge in [0.1, 0.15) is 16.7 Å². The van der Waals surface area contributed by atoms with E-state index in [1.165, 1.54) is 0 Å². The monoisotopic (exact) mass is 307 g/mol. The third kappa shape index (κ3) is 2.69. The van der Waals surface area contributed by atoms with Crippen molar-refractivity contribution in [2.24, 2.45) is 0 Å². The van der Waals surface area contributed by atoms with Crippen molar-refractivity contribution in [2.75, 3.05) is 24.3 Å². The summed E-state index contributed by atoms with van der Waals surface area (Å²) in [5.41, 5.74) is 0.895. The molecule has 0 bridgehead atoms. The zero-order valence-electron chi connectivity index (χ0n) is 11.4. The van der Waals surface area contributed by atoms with Gasteiger partial charge in [-0.2, -0.15) is 11.8 Å². The summed E-state index contributed by atoms with van der Waals surface area (Å²) in [6.45, 7) is 0.814. The minimum atomic E-state index is 0.0387. The number of carbonyl (C=O) groups is 1. The van der Waals surface area contributed by atoms with E-state index in [2.05, 4.69) is 12.3 Å². The predicted molar refractivity (Wildman–Crippen MR) is 86.1 cm³/mol. The Kier molecular flexibility index (Phi) is 4.27. The van der Waals surface area contributed by atoms with Crippen LogP contribution in [0.4, 0.5) is 0 Å². The van der Waals surface area contributed by atoms with Gasteiger partial charge in [-0.05, 0) is 30.6 Å². The maximum absolute atomic E-state index is 12.0. The number of hydrogen-bond donors (Lipinski definition) is 0. The fraction of sp³-hybridized carbons (Fsp3) is 0.400. The van der Waals surface area contributed by atoms with Crippen LogP contribution in [0, 0.1) is 0 Å². The third-order valence-corrected chi connectivity index (χ3v) is 5.32. The molecule has 1 saturated heterocycles. The average Bonchev–Trinajstić information content (AvgIpc) is 3.03. The number of benzene rings is 1. The second kappa shape index (κ2) is 6.14. The molecule has 1 aliphatic heterocycles. The number of para-hydroxylation sites is 1. The minimum Gasteiger partial charge on any atom is -0.458 e. The summed E-state index contributed by atoms with van der Waals surface area (Å²) in [6.07, 6.45) is 3.13. The van der Waals surface area contributed by atoms with Crippen LogP contribution in [0.15, 0.2) is 34.7 Å². The fourth-order valence-electron chi connectivity index (χ4n) is 2.43. The maximum Gasteiger partial charge on any atom is 0.233 e. The van der Waals surface area contributed by atoms with Crippen molar-refractivity contribution in [3.05, 3.63) is 36.1 Å². The van der Waals surface area contributed by atoms with E-state index < -0.39 is 0 Å². The summed E-state index contributed by atoms with van der Waals surface area (Å²) in [4.78, 5) is 14.0. The maximum atomic E-state index is 12.0. The van der Waals surface area contributed by atoms with Crippen LogP contribution in [-0.2, 0) is 4.79 Å². The number of hydrogen-bond acceptors (Lipinski definition) is 4. The van der Waals surface area contributed by atoms with Crippen LogP contribution in [0.1, 0.15) is 17.6 Å². The highest BCUT2D eigenvalue weighted by atomic mass is 32.2. The van der Waals surface area contributed by atoms with Gasteiger partial charge in [-0.25, -0.2) is 0 Å². The molecule has 1 aromatic heterocycles. The Morgan fingerprint density at radius 2 is 2.30 bits per heavy atom. The van der Waals surface area contributed by atoms with E-state index in [1.54, 1.807) is 11.8 Å². The Balaban J connectivity index is 1.81. The molecule has 2 aromatic rings. The molecule has 0 aliphatic carbocycles. The molecule has 3 nitrogen and oxygen atoms in total. The van der Waals surface area contributed by atoms with Crippen LogP contribution in [0.5, 0.6) is 0 Å². The number of carbonyl (C=O) groups excluding carboxylic acids is 1. The van der Waals surface area contributed by atoms with Crippen LogP contribution < -0.4 is 0 Å². The first-order valence-electron chi connectivity index (χ1n) is 6.68. The van der Waals surface area contributed by atoms with Gasteiger partial charge in [-0.15, -0.1) is 11.8 Å². The SMILES string of the molecule is CSCCCN1C(=O)CSC1c1cc2ccccc2o1. The van der Waals surface area contributed by atoms with Gasteiger partial charge in [0.25, 0.3) is 0 Å². The van der Waals surface area contributed by atoms with Gasteiger partial charge in [-0.1, -0.05) is 18.2 Å². The average molecular weight is 307 g/mol. The molecule has 5 heteroatoms.